The van der Waals surface area contributed by atoms with Gasteiger partial charge < -0.3 is 10.2 Å². The van der Waals surface area contributed by atoms with Gasteiger partial charge in [0.2, 0.25) is 0 Å². The van der Waals surface area contributed by atoms with E-state index in [0.29, 0.717) is 12.0 Å². The molecule has 114 valence electrons. The molecule has 1 aromatic heterocycles. The highest BCUT2D eigenvalue weighted by molar-refractivity contribution is 5.92. The number of anilines is 1. The molecule has 3 heteroatoms. The van der Waals surface area contributed by atoms with E-state index in [0.717, 1.165) is 12.1 Å². The normalized spacial score (nSPS) is 13.1. The van der Waals surface area contributed by atoms with Crippen molar-refractivity contribution in [3.05, 3.63) is 36.0 Å². The Morgan fingerprint density at radius 2 is 1.90 bits per heavy atom. The average Bonchev–Trinajstić information content (AvgIpc) is 2.44. The van der Waals surface area contributed by atoms with Crippen LogP contribution in [0.15, 0.2) is 30.5 Å². The number of hydrogen-bond donors (Lipinski definition) is 1. The Hall–Kier alpha value is -1.61. The molecule has 2 aromatic rings. The summed E-state index contributed by atoms with van der Waals surface area (Å²) in [4.78, 5) is 6.81. The molecule has 1 N–H and O–H groups in total. The molecule has 0 aliphatic carbocycles. The van der Waals surface area contributed by atoms with Gasteiger partial charge in [-0.1, -0.05) is 32.0 Å². The molecule has 0 aliphatic rings. The summed E-state index contributed by atoms with van der Waals surface area (Å²) in [7, 11) is 4.32. The van der Waals surface area contributed by atoms with Crippen molar-refractivity contribution in [3.8, 4) is 0 Å². The van der Waals surface area contributed by atoms with Crippen LogP contribution in [0, 0.1) is 12.8 Å². The molecule has 1 heterocycles. The van der Waals surface area contributed by atoms with Gasteiger partial charge in [-0.05, 0) is 45.0 Å². The Kier molecular flexibility index (Phi) is 5.18. The number of aryl methyl sites for hydroxylation is 1. The van der Waals surface area contributed by atoms with Crippen LogP contribution >= 0.6 is 0 Å². The first-order valence-corrected chi connectivity index (χ1v) is 7.73. The van der Waals surface area contributed by atoms with Crippen molar-refractivity contribution >= 4 is 16.6 Å². The van der Waals surface area contributed by atoms with Crippen LogP contribution in [0.3, 0.4) is 0 Å². The maximum atomic E-state index is 4.50. The largest absolute Gasteiger partial charge is 0.383 e. The predicted octanol–water partition coefficient (Wildman–Crippen LogP) is 3.93. The molecule has 0 saturated carbocycles. The van der Waals surface area contributed by atoms with E-state index in [1.807, 2.05) is 12.3 Å². The van der Waals surface area contributed by atoms with Crippen molar-refractivity contribution in [2.75, 3.05) is 26.0 Å². The van der Waals surface area contributed by atoms with Crippen molar-refractivity contribution in [1.82, 2.24) is 9.88 Å². The van der Waals surface area contributed by atoms with E-state index in [-0.39, 0.29) is 0 Å². The number of nitrogens with one attached hydrogen (secondary N) is 1. The lowest BCUT2D eigenvalue weighted by atomic mass is 10.0. The van der Waals surface area contributed by atoms with E-state index < -0.39 is 0 Å². The van der Waals surface area contributed by atoms with Crippen LogP contribution in [0.1, 0.15) is 25.8 Å². The van der Waals surface area contributed by atoms with Gasteiger partial charge in [0.25, 0.3) is 0 Å². The maximum absolute atomic E-state index is 4.50. The number of para-hydroxylation sites is 1. The summed E-state index contributed by atoms with van der Waals surface area (Å²) in [5, 5.41) is 4.87. The van der Waals surface area contributed by atoms with E-state index in [4.69, 9.17) is 0 Å². The monoisotopic (exact) mass is 285 g/mol. The Labute approximate surface area is 128 Å². The van der Waals surface area contributed by atoms with Gasteiger partial charge >= 0.3 is 0 Å². The van der Waals surface area contributed by atoms with Crippen LogP contribution < -0.4 is 5.32 Å². The smallest absolute Gasteiger partial charge is 0.0722 e. The lowest BCUT2D eigenvalue weighted by molar-refractivity contribution is 0.266. The number of likely N-dealkylation sites (N-methyl/N-ethyl adjacent to an activating group) is 1. The van der Waals surface area contributed by atoms with Gasteiger partial charge in [0.15, 0.2) is 0 Å². The van der Waals surface area contributed by atoms with Crippen LogP contribution in [0.5, 0.6) is 0 Å². The van der Waals surface area contributed by atoms with Crippen molar-refractivity contribution in [1.29, 1.82) is 0 Å². The summed E-state index contributed by atoms with van der Waals surface area (Å²) in [6, 6.07) is 8.86. The summed E-state index contributed by atoms with van der Waals surface area (Å²) >= 11 is 0. The molecule has 1 unspecified atom stereocenters. The Morgan fingerprint density at radius 3 is 2.57 bits per heavy atom. The first-order chi connectivity index (χ1) is 9.99. The van der Waals surface area contributed by atoms with E-state index in [1.54, 1.807) is 0 Å². The second-order valence-corrected chi connectivity index (χ2v) is 6.46. The molecule has 0 radical (unpaired) electrons. The van der Waals surface area contributed by atoms with Gasteiger partial charge in [0, 0.05) is 29.9 Å². The Bertz CT molecular complexity index is 590. The van der Waals surface area contributed by atoms with E-state index in [1.165, 1.54) is 23.1 Å². The third-order valence-electron chi connectivity index (χ3n) is 3.95. The third-order valence-corrected chi connectivity index (χ3v) is 3.95. The highest BCUT2D eigenvalue weighted by atomic mass is 15.1. The van der Waals surface area contributed by atoms with Crippen molar-refractivity contribution in [3.63, 3.8) is 0 Å². The topological polar surface area (TPSA) is 28.2 Å². The quantitative estimate of drug-likeness (QED) is 0.871. The Morgan fingerprint density at radius 1 is 1.19 bits per heavy atom. The molecule has 2 rings (SSSR count). The summed E-state index contributed by atoms with van der Waals surface area (Å²) in [6.07, 6.45) is 3.15. The molecule has 0 amide bonds. The fourth-order valence-corrected chi connectivity index (χ4v) is 2.72. The Balaban J connectivity index is 2.21. The number of rotatable bonds is 6. The number of benzene rings is 1. The first kappa shape index (κ1) is 15.8. The third kappa shape index (κ3) is 3.94. The van der Waals surface area contributed by atoms with Crippen molar-refractivity contribution in [2.24, 2.45) is 5.92 Å². The minimum atomic E-state index is 0.538. The number of pyridine rings is 1. The zero-order chi connectivity index (χ0) is 15.4. The molecule has 0 bridgehead atoms. The zero-order valence-electron chi connectivity index (χ0n) is 13.9. The minimum Gasteiger partial charge on any atom is -0.383 e. The molecule has 0 spiro atoms. The SMILES string of the molecule is Cc1cnc2ccccc2c1NCC(CC(C)C)N(C)C. The minimum absolute atomic E-state index is 0.538. The number of fused-ring (bicyclic) bond motifs is 1. The van der Waals surface area contributed by atoms with Gasteiger partial charge in [-0.2, -0.15) is 0 Å². The summed E-state index contributed by atoms with van der Waals surface area (Å²) in [5.41, 5.74) is 3.47. The number of nitrogens with zero attached hydrogens (tertiary/aromatic N) is 2. The van der Waals surface area contributed by atoms with E-state index in [9.17, 15) is 0 Å². The van der Waals surface area contributed by atoms with Crippen LogP contribution in [0.2, 0.25) is 0 Å². The van der Waals surface area contributed by atoms with E-state index >= 15 is 0 Å². The maximum Gasteiger partial charge on any atom is 0.0722 e. The lowest BCUT2D eigenvalue weighted by Crippen LogP contribution is -2.35. The van der Waals surface area contributed by atoms with Gasteiger partial charge in [-0.25, -0.2) is 0 Å². The number of hydrogen-bond acceptors (Lipinski definition) is 3. The summed E-state index contributed by atoms with van der Waals surface area (Å²) in [6.45, 7) is 7.64. The summed E-state index contributed by atoms with van der Waals surface area (Å²) < 4.78 is 0. The summed E-state index contributed by atoms with van der Waals surface area (Å²) in [5.74, 6) is 0.703. The van der Waals surface area contributed by atoms with Crippen LogP contribution in [0.4, 0.5) is 5.69 Å². The fraction of sp³-hybridized carbons (Fsp3) is 0.500. The zero-order valence-corrected chi connectivity index (χ0v) is 13.9. The lowest BCUT2D eigenvalue weighted by Gasteiger charge is -2.27. The molecule has 21 heavy (non-hydrogen) atoms. The number of aromatic nitrogens is 1. The predicted molar refractivity (Wildman–Crippen MR) is 91.9 cm³/mol. The van der Waals surface area contributed by atoms with Gasteiger partial charge in [-0.15, -0.1) is 0 Å². The molecule has 3 nitrogen and oxygen atoms in total. The fourth-order valence-electron chi connectivity index (χ4n) is 2.72. The van der Waals surface area contributed by atoms with Gasteiger partial charge in [0.05, 0.1) is 5.52 Å². The van der Waals surface area contributed by atoms with Gasteiger partial charge in [-0.3, -0.25) is 4.98 Å². The molecule has 0 aliphatic heterocycles. The molecule has 1 aromatic carbocycles. The molecular weight excluding hydrogens is 258 g/mol. The highest BCUT2D eigenvalue weighted by Gasteiger charge is 2.14. The van der Waals surface area contributed by atoms with Crippen LogP contribution in [0.25, 0.3) is 10.9 Å². The second-order valence-electron chi connectivity index (χ2n) is 6.46. The van der Waals surface area contributed by atoms with Crippen molar-refractivity contribution < 1.29 is 0 Å². The highest BCUT2D eigenvalue weighted by Crippen LogP contribution is 2.25. The molecular formula is C18H27N3. The standard InChI is InChI=1S/C18H27N3/c1-13(2)10-15(21(4)5)12-20-18-14(3)11-19-17-9-7-6-8-16(17)18/h6-9,11,13,15H,10,12H2,1-5H3,(H,19,20). The van der Waals surface area contributed by atoms with Crippen molar-refractivity contribution in [2.45, 2.75) is 33.2 Å². The molecule has 0 saturated heterocycles. The van der Waals surface area contributed by atoms with E-state index in [2.05, 4.69) is 68.3 Å². The molecule has 0 fully saturated rings. The van der Waals surface area contributed by atoms with Gasteiger partial charge in [0.1, 0.15) is 0 Å². The molecule has 1 atom stereocenters. The average molecular weight is 285 g/mol. The van der Waals surface area contributed by atoms with Crippen LogP contribution in [-0.4, -0.2) is 36.6 Å². The van der Waals surface area contributed by atoms with Crippen LogP contribution in [-0.2, 0) is 0 Å². The first-order valence-electron chi connectivity index (χ1n) is 7.73. The second kappa shape index (κ2) is 6.90.